The van der Waals surface area contributed by atoms with Gasteiger partial charge in [0.25, 0.3) is 0 Å². The first-order chi connectivity index (χ1) is 12.8. The van der Waals surface area contributed by atoms with Crippen LogP contribution in [0.4, 0.5) is 18.9 Å². The molecule has 0 radical (unpaired) electrons. The first kappa shape index (κ1) is 19.4. The van der Waals surface area contributed by atoms with Crippen molar-refractivity contribution < 1.29 is 32.3 Å². The summed E-state index contributed by atoms with van der Waals surface area (Å²) in [5.41, 5.74) is 2.25. The van der Waals surface area contributed by atoms with Crippen LogP contribution in [-0.4, -0.2) is 46.7 Å². The van der Waals surface area contributed by atoms with E-state index in [9.17, 15) is 18.0 Å². The third kappa shape index (κ3) is 4.33. The van der Waals surface area contributed by atoms with Crippen LogP contribution in [0.25, 0.3) is 0 Å². The van der Waals surface area contributed by atoms with E-state index in [0.29, 0.717) is 18.5 Å². The number of aliphatic carboxylic acids is 1. The Morgan fingerprint density at radius 2 is 2.07 bits per heavy atom. The number of halogens is 3. The summed E-state index contributed by atoms with van der Waals surface area (Å²) in [5, 5.41) is 11.2. The van der Waals surface area contributed by atoms with Crippen LogP contribution in [0.15, 0.2) is 39.8 Å². The molecule has 27 heavy (non-hydrogen) atoms. The highest BCUT2D eigenvalue weighted by molar-refractivity contribution is 7.08. The van der Waals surface area contributed by atoms with Gasteiger partial charge in [0, 0.05) is 36.5 Å². The normalized spacial score (nSPS) is 22.5. The van der Waals surface area contributed by atoms with Crippen LogP contribution in [0.1, 0.15) is 18.4 Å². The summed E-state index contributed by atoms with van der Waals surface area (Å²) >= 11 is 1.65. The van der Waals surface area contributed by atoms with Gasteiger partial charge in [0.15, 0.2) is 0 Å². The number of thiophene rings is 1. The first-order valence-electron chi connectivity index (χ1n) is 8.17. The zero-order valence-corrected chi connectivity index (χ0v) is 14.9. The molecule has 146 valence electrons. The average Bonchev–Trinajstić information content (AvgIpc) is 3.34. The Balaban J connectivity index is 0.000000260. The van der Waals surface area contributed by atoms with E-state index in [4.69, 9.17) is 14.3 Å². The molecule has 0 unspecified atom stereocenters. The monoisotopic (exact) mass is 402 g/mol. The largest absolute Gasteiger partial charge is 0.490 e. The van der Waals surface area contributed by atoms with Gasteiger partial charge in [-0.1, -0.05) is 0 Å². The number of likely N-dealkylation sites (tertiary alicyclic amines) is 1. The molecule has 2 aliphatic rings. The molecular formula is C17H17F3N2O4S. The van der Waals surface area contributed by atoms with E-state index in [0.717, 1.165) is 25.2 Å². The summed E-state index contributed by atoms with van der Waals surface area (Å²) < 4.78 is 36.9. The van der Waals surface area contributed by atoms with Gasteiger partial charge >= 0.3 is 12.1 Å². The van der Waals surface area contributed by atoms with Crippen LogP contribution in [-0.2, 0) is 16.1 Å². The van der Waals surface area contributed by atoms with Crippen molar-refractivity contribution in [3.63, 3.8) is 0 Å². The Morgan fingerprint density at radius 1 is 1.33 bits per heavy atom. The van der Waals surface area contributed by atoms with E-state index in [1.54, 1.807) is 23.9 Å². The quantitative estimate of drug-likeness (QED) is 0.852. The number of carboxylic acids is 1. The highest BCUT2D eigenvalue weighted by Gasteiger charge is 2.47. The molecule has 4 rings (SSSR count). The van der Waals surface area contributed by atoms with Gasteiger partial charge in [-0.3, -0.25) is 9.69 Å². The zero-order chi connectivity index (χ0) is 19.6. The lowest BCUT2D eigenvalue weighted by Gasteiger charge is -2.24. The standard InChI is InChI=1S/C15H16N2O2S.C2HF3O2/c18-15-7-14-13(17(15)12-3-6-20-10-12)1-4-16(14)8-11-2-5-19-9-11;3-2(4,5)1(6)7/h2-3,5-6,9-10,13-14H,1,4,7-8H2;(H,6,7)/t13-,14+;/m0./s1. The summed E-state index contributed by atoms with van der Waals surface area (Å²) in [4.78, 5) is 25.6. The molecule has 2 aliphatic heterocycles. The summed E-state index contributed by atoms with van der Waals surface area (Å²) in [5.74, 6) is -2.50. The first-order valence-corrected chi connectivity index (χ1v) is 9.11. The van der Waals surface area contributed by atoms with Gasteiger partial charge in [0.1, 0.15) is 0 Å². The number of rotatable bonds is 3. The third-order valence-corrected chi connectivity index (χ3v) is 5.27. The molecule has 0 saturated carbocycles. The fourth-order valence-corrected chi connectivity index (χ4v) is 4.10. The number of fused-ring (bicyclic) bond motifs is 1. The van der Waals surface area contributed by atoms with Gasteiger partial charge in [-0.15, -0.1) is 0 Å². The smallest absolute Gasteiger partial charge is 0.475 e. The van der Waals surface area contributed by atoms with Gasteiger partial charge in [0.05, 0.1) is 24.3 Å². The summed E-state index contributed by atoms with van der Waals surface area (Å²) in [6, 6.07) is 4.73. The maximum absolute atomic E-state index is 12.3. The molecule has 0 spiro atoms. The lowest BCUT2D eigenvalue weighted by Crippen LogP contribution is -2.36. The minimum absolute atomic E-state index is 0.260. The minimum Gasteiger partial charge on any atom is -0.475 e. The van der Waals surface area contributed by atoms with Crippen molar-refractivity contribution in [1.29, 1.82) is 0 Å². The molecule has 2 aromatic heterocycles. The Hall–Kier alpha value is -2.33. The van der Waals surface area contributed by atoms with Crippen LogP contribution in [0.3, 0.4) is 0 Å². The van der Waals surface area contributed by atoms with E-state index in [2.05, 4.69) is 10.3 Å². The van der Waals surface area contributed by atoms with Gasteiger partial charge in [-0.05, 0) is 23.9 Å². The summed E-state index contributed by atoms with van der Waals surface area (Å²) in [7, 11) is 0. The van der Waals surface area contributed by atoms with Crippen LogP contribution >= 0.6 is 11.3 Å². The van der Waals surface area contributed by atoms with Gasteiger partial charge in [-0.2, -0.15) is 24.5 Å². The molecule has 1 N–H and O–H groups in total. The Kier molecular flexibility index (Phi) is 5.56. The highest BCUT2D eigenvalue weighted by Crippen LogP contribution is 2.37. The number of carbonyl (C=O) groups is 2. The Morgan fingerprint density at radius 3 is 2.63 bits per heavy atom. The van der Waals surface area contributed by atoms with Crippen LogP contribution in [0, 0.1) is 0 Å². The fourth-order valence-electron chi connectivity index (χ4n) is 3.47. The number of nitrogens with zero attached hydrogens (tertiary/aromatic N) is 2. The van der Waals surface area contributed by atoms with Gasteiger partial charge < -0.3 is 14.4 Å². The summed E-state index contributed by atoms with van der Waals surface area (Å²) in [6.07, 6.45) is 0.115. The van der Waals surface area contributed by atoms with Crippen molar-refractivity contribution in [2.24, 2.45) is 0 Å². The number of furan rings is 1. The molecule has 10 heteroatoms. The van der Waals surface area contributed by atoms with E-state index >= 15 is 0 Å². The van der Waals surface area contributed by atoms with Crippen molar-refractivity contribution in [2.45, 2.75) is 37.6 Å². The topological polar surface area (TPSA) is 74.0 Å². The van der Waals surface area contributed by atoms with E-state index < -0.39 is 12.1 Å². The third-order valence-electron chi connectivity index (χ3n) is 4.60. The molecule has 2 atom stereocenters. The van der Waals surface area contributed by atoms with Crippen LogP contribution in [0.2, 0.25) is 0 Å². The SMILES string of the molecule is O=C(O)C(F)(F)F.O=C1C[C@@H]2[C@H](CCN2Cc2ccoc2)N1c1ccsc1. The van der Waals surface area contributed by atoms with Crippen molar-refractivity contribution >= 4 is 28.9 Å². The summed E-state index contributed by atoms with van der Waals surface area (Å²) in [6.45, 7) is 1.93. The Labute approximate surface area is 156 Å². The maximum Gasteiger partial charge on any atom is 0.490 e. The molecule has 1 amide bonds. The van der Waals surface area contributed by atoms with Crippen molar-refractivity contribution in [2.75, 3.05) is 11.4 Å². The number of alkyl halides is 3. The van der Waals surface area contributed by atoms with Gasteiger partial charge in [-0.25, -0.2) is 4.79 Å². The number of carbonyl (C=O) groups excluding carboxylic acids is 1. The van der Waals surface area contributed by atoms with Crippen molar-refractivity contribution in [3.8, 4) is 0 Å². The molecule has 0 bridgehead atoms. The zero-order valence-electron chi connectivity index (χ0n) is 14.1. The number of anilines is 1. The fraction of sp³-hybridized carbons (Fsp3) is 0.412. The molecule has 4 heterocycles. The molecule has 0 aromatic carbocycles. The van der Waals surface area contributed by atoms with E-state index in [1.807, 2.05) is 22.4 Å². The molecule has 0 aliphatic carbocycles. The Bertz CT molecular complexity index is 777. The second-order valence-corrected chi connectivity index (χ2v) is 7.06. The molecule has 2 saturated heterocycles. The van der Waals surface area contributed by atoms with Crippen molar-refractivity contribution in [3.05, 3.63) is 41.0 Å². The predicted molar refractivity (Wildman–Crippen MR) is 91.4 cm³/mol. The number of carboxylic acid groups (broad SMARTS) is 1. The van der Waals surface area contributed by atoms with Crippen LogP contribution < -0.4 is 4.90 Å². The molecular weight excluding hydrogens is 385 g/mol. The number of hydrogen-bond acceptors (Lipinski definition) is 5. The predicted octanol–water partition coefficient (Wildman–Crippen LogP) is 3.35. The highest BCUT2D eigenvalue weighted by atomic mass is 32.1. The van der Waals surface area contributed by atoms with Crippen LogP contribution in [0.5, 0.6) is 0 Å². The average molecular weight is 402 g/mol. The second-order valence-electron chi connectivity index (χ2n) is 6.28. The maximum atomic E-state index is 12.3. The lowest BCUT2D eigenvalue weighted by molar-refractivity contribution is -0.192. The van der Waals surface area contributed by atoms with E-state index in [1.165, 1.54) is 5.56 Å². The molecule has 6 nitrogen and oxygen atoms in total. The molecule has 2 fully saturated rings. The van der Waals surface area contributed by atoms with Crippen molar-refractivity contribution in [1.82, 2.24) is 4.90 Å². The molecule has 2 aromatic rings. The number of hydrogen-bond donors (Lipinski definition) is 1. The second kappa shape index (κ2) is 7.73. The lowest BCUT2D eigenvalue weighted by atomic mass is 10.1. The minimum atomic E-state index is -5.08. The van der Waals surface area contributed by atoms with E-state index in [-0.39, 0.29) is 5.91 Å². The van der Waals surface area contributed by atoms with Gasteiger partial charge in [0.2, 0.25) is 5.91 Å². The number of amides is 1.